The van der Waals surface area contributed by atoms with E-state index in [0.717, 1.165) is 24.0 Å². The van der Waals surface area contributed by atoms with Crippen molar-refractivity contribution in [2.75, 3.05) is 6.61 Å². The molecule has 0 aliphatic carbocycles. The molecule has 1 atom stereocenters. The Labute approximate surface area is 107 Å². The molecule has 7 nitrogen and oxygen atoms in total. The molecule has 8 heteroatoms. The van der Waals surface area contributed by atoms with Crippen molar-refractivity contribution in [1.82, 2.24) is 4.98 Å². The van der Waals surface area contributed by atoms with Crippen LogP contribution in [0.15, 0.2) is 17.3 Å². The maximum Gasteiger partial charge on any atom is 0.337 e. The zero-order valence-corrected chi connectivity index (χ0v) is 10.4. The third kappa shape index (κ3) is 3.67. The van der Waals surface area contributed by atoms with E-state index in [9.17, 15) is 14.9 Å². The molecule has 0 saturated carbocycles. The first-order valence-corrected chi connectivity index (χ1v) is 5.99. The van der Waals surface area contributed by atoms with E-state index in [0.29, 0.717) is 6.42 Å². The number of hydrogen-bond donors (Lipinski definition) is 2. The molecule has 0 aliphatic rings. The number of pyridine rings is 1. The van der Waals surface area contributed by atoms with Gasteiger partial charge in [0.05, 0.1) is 10.5 Å². The predicted octanol–water partition coefficient (Wildman–Crippen LogP) is 1.55. The summed E-state index contributed by atoms with van der Waals surface area (Å²) in [5, 5.41) is 28.5. The molecular weight excluding hydrogens is 260 g/mol. The second kappa shape index (κ2) is 6.31. The summed E-state index contributed by atoms with van der Waals surface area (Å²) in [5.41, 5.74) is -0.550. The van der Waals surface area contributed by atoms with Crippen molar-refractivity contribution < 1.29 is 19.9 Å². The fourth-order valence-corrected chi connectivity index (χ4v) is 2.18. The lowest BCUT2D eigenvalue weighted by molar-refractivity contribution is -0.388. The summed E-state index contributed by atoms with van der Waals surface area (Å²) in [6.45, 7) is 1.78. The lowest BCUT2D eigenvalue weighted by Gasteiger charge is -2.08. The zero-order chi connectivity index (χ0) is 13.7. The first-order valence-electron chi connectivity index (χ1n) is 5.11. The number of aromatic carboxylic acids is 1. The van der Waals surface area contributed by atoms with Gasteiger partial charge in [0.2, 0.25) is 0 Å². The summed E-state index contributed by atoms with van der Waals surface area (Å²) in [7, 11) is 0. The van der Waals surface area contributed by atoms with Crippen LogP contribution in [0.2, 0.25) is 0 Å². The SMILES string of the molecule is CC(CCO)Sc1ncc(C(=O)O)cc1[N+](=O)[O-]. The van der Waals surface area contributed by atoms with Crippen molar-refractivity contribution in [3.8, 4) is 0 Å². The highest BCUT2D eigenvalue weighted by atomic mass is 32.2. The number of carboxylic acid groups (broad SMARTS) is 1. The summed E-state index contributed by atoms with van der Waals surface area (Å²) >= 11 is 1.14. The summed E-state index contributed by atoms with van der Waals surface area (Å²) in [6, 6.07) is 0.989. The highest BCUT2D eigenvalue weighted by molar-refractivity contribution is 8.00. The van der Waals surface area contributed by atoms with Crippen LogP contribution in [0, 0.1) is 10.1 Å². The number of aromatic nitrogens is 1. The summed E-state index contributed by atoms with van der Waals surface area (Å²) in [4.78, 5) is 24.7. The monoisotopic (exact) mass is 272 g/mol. The van der Waals surface area contributed by atoms with Crippen molar-refractivity contribution >= 4 is 23.4 Å². The van der Waals surface area contributed by atoms with Crippen molar-refractivity contribution in [2.45, 2.75) is 23.6 Å². The van der Waals surface area contributed by atoms with E-state index >= 15 is 0 Å². The standard InChI is InChI=1S/C10H12N2O5S/c1-6(2-3-13)18-9-8(12(16)17)4-7(5-11-9)10(14)15/h4-6,13H,2-3H2,1H3,(H,14,15). The van der Waals surface area contributed by atoms with Crippen LogP contribution in [0.25, 0.3) is 0 Å². The number of rotatable bonds is 6. The largest absolute Gasteiger partial charge is 0.478 e. The van der Waals surface area contributed by atoms with Gasteiger partial charge in [-0.1, -0.05) is 18.7 Å². The Balaban J connectivity index is 3.04. The number of hydrogen-bond acceptors (Lipinski definition) is 6. The zero-order valence-electron chi connectivity index (χ0n) is 9.57. The van der Waals surface area contributed by atoms with Gasteiger partial charge < -0.3 is 10.2 Å². The molecule has 2 N–H and O–H groups in total. The molecule has 18 heavy (non-hydrogen) atoms. The second-order valence-corrected chi connectivity index (χ2v) is 4.98. The molecule has 1 rings (SSSR count). The van der Waals surface area contributed by atoms with Crippen LogP contribution in [0.1, 0.15) is 23.7 Å². The predicted molar refractivity (Wildman–Crippen MR) is 64.9 cm³/mol. The van der Waals surface area contributed by atoms with E-state index < -0.39 is 10.9 Å². The molecule has 0 aliphatic heterocycles. The minimum absolute atomic E-state index is 0.0187. The van der Waals surface area contributed by atoms with Gasteiger partial charge in [-0.25, -0.2) is 9.78 Å². The molecule has 0 bridgehead atoms. The smallest absolute Gasteiger partial charge is 0.337 e. The van der Waals surface area contributed by atoms with Gasteiger partial charge in [-0.2, -0.15) is 0 Å². The average Bonchev–Trinajstić information content (AvgIpc) is 2.29. The molecule has 98 valence electrons. The second-order valence-electron chi connectivity index (χ2n) is 3.55. The van der Waals surface area contributed by atoms with Gasteiger partial charge in [0, 0.05) is 24.1 Å². The van der Waals surface area contributed by atoms with E-state index in [4.69, 9.17) is 10.2 Å². The molecule has 0 amide bonds. The fourth-order valence-electron chi connectivity index (χ4n) is 1.21. The lowest BCUT2D eigenvalue weighted by Crippen LogP contribution is -2.04. The third-order valence-electron chi connectivity index (χ3n) is 2.12. The average molecular weight is 272 g/mol. The minimum Gasteiger partial charge on any atom is -0.478 e. The lowest BCUT2D eigenvalue weighted by atomic mass is 10.3. The third-order valence-corrected chi connectivity index (χ3v) is 3.30. The van der Waals surface area contributed by atoms with Crippen LogP contribution in [0.4, 0.5) is 5.69 Å². The normalized spacial score (nSPS) is 12.1. The Kier molecular flexibility index (Phi) is 5.05. The van der Waals surface area contributed by atoms with E-state index in [-0.39, 0.29) is 28.1 Å². The van der Waals surface area contributed by atoms with Gasteiger partial charge in [-0.05, 0) is 6.42 Å². The van der Waals surface area contributed by atoms with Gasteiger partial charge in [-0.3, -0.25) is 10.1 Å². The summed E-state index contributed by atoms with van der Waals surface area (Å²) in [6.07, 6.45) is 1.56. The van der Waals surface area contributed by atoms with Crippen molar-refractivity contribution in [3.63, 3.8) is 0 Å². The number of nitrogens with zero attached hydrogens (tertiary/aromatic N) is 2. The van der Waals surface area contributed by atoms with Crippen LogP contribution in [0.5, 0.6) is 0 Å². The van der Waals surface area contributed by atoms with Gasteiger partial charge in [-0.15, -0.1) is 0 Å². The number of aliphatic hydroxyl groups is 1. The van der Waals surface area contributed by atoms with Crippen molar-refractivity contribution in [2.24, 2.45) is 0 Å². The molecule has 0 aromatic carbocycles. The van der Waals surface area contributed by atoms with E-state index in [1.54, 1.807) is 6.92 Å². The highest BCUT2D eigenvalue weighted by Gasteiger charge is 2.20. The first-order chi connectivity index (χ1) is 8.45. The molecule has 1 aromatic heterocycles. The quantitative estimate of drug-likeness (QED) is 0.458. The van der Waals surface area contributed by atoms with Gasteiger partial charge >= 0.3 is 11.7 Å². The molecule has 0 saturated heterocycles. The van der Waals surface area contributed by atoms with Crippen molar-refractivity contribution in [1.29, 1.82) is 0 Å². The van der Waals surface area contributed by atoms with E-state index in [1.807, 2.05) is 0 Å². The topological polar surface area (TPSA) is 114 Å². The highest BCUT2D eigenvalue weighted by Crippen LogP contribution is 2.31. The Morgan fingerprint density at radius 3 is 2.83 bits per heavy atom. The van der Waals surface area contributed by atoms with Crippen LogP contribution in [0.3, 0.4) is 0 Å². The first kappa shape index (κ1) is 14.4. The van der Waals surface area contributed by atoms with Gasteiger partial charge in [0.15, 0.2) is 5.03 Å². The summed E-state index contributed by atoms with van der Waals surface area (Å²) < 4.78 is 0. The number of thioether (sulfide) groups is 1. The number of carbonyl (C=O) groups is 1. The number of aliphatic hydroxyl groups excluding tert-OH is 1. The molecule has 1 aromatic rings. The van der Waals surface area contributed by atoms with Gasteiger partial charge in [0.1, 0.15) is 0 Å². The van der Waals surface area contributed by atoms with Crippen molar-refractivity contribution in [3.05, 3.63) is 27.9 Å². The molecule has 0 fully saturated rings. The van der Waals surface area contributed by atoms with Crippen LogP contribution >= 0.6 is 11.8 Å². The Hall–Kier alpha value is -1.67. The van der Waals surface area contributed by atoms with Crippen LogP contribution in [-0.4, -0.2) is 37.9 Å². The van der Waals surface area contributed by atoms with Crippen LogP contribution < -0.4 is 0 Å². The summed E-state index contributed by atoms with van der Waals surface area (Å²) in [5.74, 6) is -1.26. The molecule has 1 heterocycles. The van der Waals surface area contributed by atoms with Crippen LogP contribution in [-0.2, 0) is 0 Å². The Morgan fingerprint density at radius 1 is 1.67 bits per heavy atom. The van der Waals surface area contributed by atoms with E-state index in [1.165, 1.54) is 0 Å². The molecule has 1 unspecified atom stereocenters. The number of nitro groups is 1. The Morgan fingerprint density at radius 2 is 2.33 bits per heavy atom. The molecule has 0 radical (unpaired) electrons. The van der Waals surface area contributed by atoms with Gasteiger partial charge in [0.25, 0.3) is 0 Å². The maximum absolute atomic E-state index is 10.8. The fraction of sp³-hybridized carbons (Fsp3) is 0.400. The molecular formula is C10H12N2O5S. The Bertz CT molecular complexity index is 466. The maximum atomic E-state index is 10.8. The minimum atomic E-state index is -1.26. The molecule has 0 spiro atoms. The van der Waals surface area contributed by atoms with E-state index in [2.05, 4.69) is 4.98 Å². The number of carboxylic acids is 1.